The molecule has 1 aliphatic carbocycles. The number of hydrogen-bond donors (Lipinski definition) is 4. The molecule has 0 aromatic carbocycles. The molecule has 7 heteroatoms. The van der Waals surface area contributed by atoms with E-state index in [0.717, 1.165) is 38.5 Å². The first-order valence-electron chi connectivity index (χ1n) is 10.3. The number of esters is 1. The topological polar surface area (TPSA) is 128 Å². The monoisotopic (exact) mass is 385 g/mol. The molecule has 0 saturated heterocycles. The Morgan fingerprint density at radius 2 is 1.78 bits per heavy atom. The van der Waals surface area contributed by atoms with Gasteiger partial charge in [0.25, 0.3) is 5.91 Å². The number of hydrogen-bond acceptors (Lipinski definition) is 6. The van der Waals surface area contributed by atoms with E-state index >= 15 is 0 Å². The summed E-state index contributed by atoms with van der Waals surface area (Å²) in [4.78, 5) is 25.2. The van der Waals surface area contributed by atoms with Crippen LogP contribution in [-0.4, -0.2) is 40.9 Å². The zero-order valence-corrected chi connectivity index (χ0v) is 17.4. The Bertz CT molecular complexity index is 482. The van der Waals surface area contributed by atoms with Crippen LogP contribution in [0, 0.1) is 11.8 Å². The van der Waals surface area contributed by atoms with E-state index in [1.165, 1.54) is 6.42 Å². The first-order chi connectivity index (χ1) is 12.5. The predicted molar refractivity (Wildman–Crippen MR) is 106 cm³/mol. The summed E-state index contributed by atoms with van der Waals surface area (Å²) < 4.78 is 5.49. The van der Waals surface area contributed by atoms with Crippen molar-refractivity contribution in [3.8, 4) is 0 Å². The number of ether oxygens (including phenoxy) is 1. The third-order valence-electron chi connectivity index (χ3n) is 5.10. The molecular formula is C20H39N3O4. The first kappa shape index (κ1) is 23.9. The lowest BCUT2D eigenvalue weighted by atomic mass is 9.78. The number of carbonyl (C=O) groups excluding carboxylic acids is 2. The van der Waals surface area contributed by atoms with Crippen molar-refractivity contribution in [2.24, 2.45) is 23.3 Å². The fourth-order valence-corrected chi connectivity index (χ4v) is 3.51. The van der Waals surface area contributed by atoms with E-state index in [-0.39, 0.29) is 0 Å². The fraction of sp³-hybridized carbons (Fsp3) is 0.900. The molecule has 0 spiro atoms. The van der Waals surface area contributed by atoms with Gasteiger partial charge in [-0.05, 0) is 39.5 Å². The van der Waals surface area contributed by atoms with Crippen LogP contribution in [-0.2, 0) is 14.3 Å². The molecule has 0 aromatic heterocycles. The molecule has 27 heavy (non-hydrogen) atoms. The third-order valence-corrected chi connectivity index (χ3v) is 5.10. The molecule has 158 valence electrons. The molecule has 1 rings (SSSR count). The zero-order chi connectivity index (χ0) is 20.7. The van der Waals surface area contributed by atoms with E-state index in [1.807, 2.05) is 6.92 Å². The highest BCUT2D eigenvalue weighted by molar-refractivity contribution is 5.87. The van der Waals surface area contributed by atoms with Crippen molar-refractivity contribution in [1.29, 1.82) is 0 Å². The van der Waals surface area contributed by atoms with Crippen LogP contribution >= 0.6 is 0 Å². The molecule has 1 amide bonds. The summed E-state index contributed by atoms with van der Waals surface area (Å²) in [5, 5.41) is 13.5. The van der Waals surface area contributed by atoms with Crippen molar-refractivity contribution in [2.75, 3.05) is 6.54 Å². The summed E-state index contributed by atoms with van der Waals surface area (Å²) in [5.74, 6) is -1.84. The second-order valence-electron chi connectivity index (χ2n) is 8.87. The minimum Gasteiger partial charge on any atom is -0.460 e. The summed E-state index contributed by atoms with van der Waals surface area (Å²) in [6.45, 7) is 7.74. The average molecular weight is 386 g/mol. The Morgan fingerprint density at radius 3 is 2.30 bits per heavy atom. The SMILES string of the molecule is CCCCNC(=O)C(N)(N)[C@@H](O)[C@H](CC1CCCCC1)C(=O)OC(C)(C)C. The standard InChI is InChI=1S/C20H39N3O4/c1-5-6-12-23-18(26)20(21,22)16(24)15(17(25)27-19(2,3)4)13-14-10-8-7-9-11-14/h14-16,24H,5-13,21-22H2,1-4H3,(H,23,26)/t15-,16-/m0/s1. The van der Waals surface area contributed by atoms with Crippen LogP contribution in [0.2, 0.25) is 0 Å². The molecule has 7 nitrogen and oxygen atoms in total. The molecule has 6 N–H and O–H groups in total. The van der Waals surface area contributed by atoms with Gasteiger partial charge in [0.15, 0.2) is 5.66 Å². The van der Waals surface area contributed by atoms with E-state index in [4.69, 9.17) is 16.2 Å². The highest BCUT2D eigenvalue weighted by Gasteiger charge is 2.46. The number of nitrogens with two attached hydrogens (primary N) is 2. The molecule has 1 saturated carbocycles. The van der Waals surface area contributed by atoms with Crippen LogP contribution in [0.5, 0.6) is 0 Å². The molecule has 0 bridgehead atoms. The van der Waals surface area contributed by atoms with Crippen molar-refractivity contribution in [2.45, 2.75) is 96.4 Å². The molecule has 0 aromatic rings. The lowest BCUT2D eigenvalue weighted by molar-refractivity contribution is -0.168. The largest absolute Gasteiger partial charge is 0.460 e. The molecule has 0 unspecified atom stereocenters. The maximum atomic E-state index is 12.8. The summed E-state index contributed by atoms with van der Waals surface area (Å²) >= 11 is 0. The molecular weight excluding hydrogens is 346 g/mol. The number of unbranched alkanes of at least 4 members (excludes halogenated alkanes) is 1. The van der Waals surface area contributed by atoms with Gasteiger partial charge in [-0.1, -0.05) is 45.4 Å². The van der Waals surface area contributed by atoms with Gasteiger partial charge in [0, 0.05) is 6.54 Å². The smallest absolute Gasteiger partial charge is 0.312 e. The van der Waals surface area contributed by atoms with Gasteiger partial charge in [0.05, 0.1) is 5.92 Å². The summed E-state index contributed by atoms with van der Waals surface area (Å²) in [6.07, 6.45) is 6.00. The van der Waals surface area contributed by atoms with Crippen LogP contribution in [0.4, 0.5) is 0 Å². The van der Waals surface area contributed by atoms with E-state index in [0.29, 0.717) is 18.9 Å². The second-order valence-corrected chi connectivity index (χ2v) is 8.87. The van der Waals surface area contributed by atoms with Gasteiger partial charge >= 0.3 is 5.97 Å². The molecule has 2 atom stereocenters. The molecule has 1 aliphatic rings. The quantitative estimate of drug-likeness (QED) is 0.272. The molecule has 0 aliphatic heterocycles. The molecule has 0 radical (unpaired) electrons. The van der Waals surface area contributed by atoms with Crippen LogP contribution in [0.15, 0.2) is 0 Å². The van der Waals surface area contributed by atoms with Crippen LogP contribution in [0.3, 0.4) is 0 Å². The van der Waals surface area contributed by atoms with Gasteiger partial charge < -0.3 is 26.6 Å². The predicted octanol–water partition coefficient (Wildman–Crippen LogP) is 1.81. The Morgan fingerprint density at radius 1 is 1.19 bits per heavy atom. The van der Waals surface area contributed by atoms with Crippen LogP contribution < -0.4 is 16.8 Å². The Hall–Kier alpha value is -1.18. The number of amides is 1. The number of aliphatic hydroxyl groups excluding tert-OH is 1. The van der Waals surface area contributed by atoms with Crippen molar-refractivity contribution < 1.29 is 19.4 Å². The van der Waals surface area contributed by atoms with Crippen LogP contribution in [0.25, 0.3) is 0 Å². The molecule has 1 fully saturated rings. The minimum absolute atomic E-state index is 0.296. The minimum atomic E-state index is -2.05. The van der Waals surface area contributed by atoms with Crippen molar-refractivity contribution in [3.63, 3.8) is 0 Å². The molecule has 0 heterocycles. The fourth-order valence-electron chi connectivity index (χ4n) is 3.51. The number of rotatable bonds is 9. The maximum Gasteiger partial charge on any atom is 0.312 e. The summed E-state index contributed by atoms with van der Waals surface area (Å²) in [6, 6.07) is 0. The number of aliphatic hydroxyl groups is 1. The highest BCUT2D eigenvalue weighted by Crippen LogP contribution is 2.32. The summed E-state index contributed by atoms with van der Waals surface area (Å²) in [7, 11) is 0. The van der Waals surface area contributed by atoms with Crippen molar-refractivity contribution in [3.05, 3.63) is 0 Å². The van der Waals surface area contributed by atoms with Crippen molar-refractivity contribution >= 4 is 11.9 Å². The van der Waals surface area contributed by atoms with Gasteiger partial charge in [-0.2, -0.15) is 0 Å². The van der Waals surface area contributed by atoms with E-state index in [9.17, 15) is 14.7 Å². The van der Waals surface area contributed by atoms with Crippen LogP contribution in [0.1, 0.15) is 79.1 Å². The Balaban J connectivity index is 2.93. The lowest BCUT2D eigenvalue weighted by Gasteiger charge is -2.36. The first-order valence-corrected chi connectivity index (χ1v) is 10.3. The van der Waals surface area contributed by atoms with Gasteiger partial charge in [-0.3, -0.25) is 9.59 Å². The zero-order valence-electron chi connectivity index (χ0n) is 17.4. The van der Waals surface area contributed by atoms with E-state index in [1.54, 1.807) is 20.8 Å². The van der Waals surface area contributed by atoms with Gasteiger partial charge in [0.2, 0.25) is 0 Å². The Kier molecular flexibility index (Phi) is 9.18. The van der Waals surface area contributed by atoms with Gasteiger partial charge in [-0.25, -0.2) is 0 Å². The average Bonchev–Trinajstić information content (AvgIpc) is 2.58. The second kappa shape index (κ2) is 10.4. The Labute approximate surface area is 163 Å². The highest BCUT2D eigenvalue weighted by atomic mass is 16.6. The normalized spacial score (nSPS) is 18.6. The lowest BCUT2D eigenvalue weighted by Crippen LogP contribution is -2.70. The number of carbonyl (C=O) groups is 2. The van der Waals surface area contributed by atoms with E-state index < -0.39 is 35.2 Å². The maximum absolute atomic E-state index is 12.8. The number of nitrogens with one attached hydrogen (secondary N) is 1. The van der Waals surface area contributed by atoms with E-state index in [2.05, 4.69) is 5.32 Å². The third kappa shape index (κ3) is 7.76. The van der Waals surface area contributed by atoms with Crippen molar-refractivity contribution in [1.82, 2.24) is 5.32 Å². The van der Waals surface area contributed by atoms with Gasteiger partial charge in [-0.15, -0.1) is 0 Å². The summed E-state index contributed by atoms with van der Waals surface area (Å²) in [5.41, 5.74) is 9.25. The van der Waals surface area contributed by atoms with Gasteiger partial charge in [0.1, 0.15) is 11.7 Å².